The number of nitrogens with zero attached hydrogens (tertiary/aromatic N) is 1. The molecule has 0 aromatic carbocycles. The summed E-state index contributed by atoms with van der Waals surface area (Å²) in [5.41, 5.74) is 1.41. The molecular formula is C12H21N3S. The summed E-state index contributed by atoms with van der Waals surface area (Å²) in [6.07, 6.45) is 1.23. The highest BCUT2D eigenvalue weighted by Crippen LogP contribution is 2.26. The van der Waals surface area contributed by atoms with Crippen LogP contribution >= 0.6 is 11.5 Å². The van der Waals surface area contributed by atoms with Gasteiger partial charge in [0.25, 0.3) is 0 Å². The molecule has 2 N–H and O–H groups in total. The van der Waals surface area contributed by atoms with Gasteiger partial charge < -0.3 is 10.6 Å². The average Bonchev–Trinajstić information content (AvgIpc) is 2.85. The molecule has 4 heteroatoms. The van der Waals surface area contributed by atoms with Gasteiger partial charge in [0.1, 0.15) is 0 Å². The molecule has 0 radical (unpaired) electrons. The molecule has 1 fully saturated rings. The lowest BCUT2D eigenvalue weighted by Gasteiger charge is -2.14. The number of nitrogens with one attached hydrogen (secondary N) is 2. The number of rotatable bonds is 3. The van der Waals surface area contributed by atoms with Gasteiger partial charge >= 0.3 is 0 Å². The van der Waals surface area contributed by atoms with Gasteiger partial charge in [-0.15, -0.1) is 0 Å². The molecule has 3 nitrogen and oxygen atoms in total. The van der Waals surface area contributed by atoms with E-state index in [2.05, 4.69) is 41.8 Å². The maximum Gasteiger partial charge on any atom is 0.0683 e. The van der Waals surface area contributed by atoms with Crippen molar-refractivity contribution in [2.24, 2.45) is 0 Å². The zero-order valence-electron chi connectivity index (χ0n) is 10.3. The highest BCUT2D eigenvalue weighted by atomic mass is 32.1. The van der Waals surface area contributed by atoms with Gasteiger partial charge in [-0.25, -0.2) is 0 Å². The molecule has 1 saturated heterocycles. The fraction of sp³-hybridized carbons (Fsp3) is 0.750. The van der Waals surface area contributed by atoms with Crippen molar-refractivity contribution in [3.8, 4) is 0 Å². The standard InChI is InChI=1S/C12H21N3S/c1-12(2,3)11-6-10(15-16-11)8-14-9-4-5-13-7-9/h6,9,13-14H,4-5,7-8H2,1-3H3. The summed E-state index contributed by atoms with van der Waals surface area (Å²) in [6.45, 7) is 9.84. The molecule has 2 rings (SSSR count). The van der Waals surface area contributed by atoms with Gasteiger partial charge in [-0.3, -0.25) is 0 Å². The van der Waals surface area contributed by atoms with Gasteiger partial charge in [0.05, 0.1) is 5.69 Å². The first-order chi connectivity index (χ1) is 7.55. The average molecular weight is 239 g/mol. The predicted molar refractivity (Wildman–Crippen MR) is 68.9 cm³/mol. The number of hydrogen-bond acceptors (Lipinski definition) is 4. The van der Waals surface area contributed by atoms with Crippen molar-refractivity contribution >= 4 is 11.5 Å². The second-order valence-electron chi connectivity index (χ2n) is 5.50. The molecular weight excluding hydrogens is 218 g/mol. The van der Waals surface area contributed by atoms with Crippen LogP contribution in [0.3, 0.4) is 0 Å². The van der Waals surface area contributed by atoms with Crippen molar-refractivity contribution < 1.29 is 0 Å². The lowest BCUT2D eigenvalue weighted by Crippen LogP contribution is -2.30. The van der Waals surface area contributed by atoms with E-state index in [1.54, 1.807) is 11.5 Å². The van der Waals surface area contributed by atoms with E-state index in [4.69, 9.17) is 0 Å². The van der Waals surface area contributed by atoms with Gasteiger partial charge in [-0.2, -0.15) is 4.37 Å². The Kier molecular flexibility index (Phi) is 3.62. The van der Waals surface area contributed by atoms with Crippen LogP contribution in [-0.2, 0) is 12.0 Å². The third kappa shape index (κ3) is 3.03. The van der Waals surface area contributed by atoms with Crippen LogP contribution in [-0.4, -0.2) is 23.5 Å². The van der Waals surface area contributed by atoms with Crippen molar-refractivity contribution in [3.63, 3.8) is 0 Å². The normalized spacial score (nSPS) is 21.6. The monoisotopic (exact) mass is 239 g/mol. The van der Waals surface area contributed by atoms with Crippen LogP contribution in [0.25, 0.3) is 0 Å². The molecule has 1 atom stereocenters. The molecule has 0 aliphatic carbocycles. The Balaban J connectivity index is 1.87. The van der Waals surface area contributed by atoms with Crippen LogP contribution in [0.4, 0.5) is 0 Å². The van der Waals surface area contributed by atoms with E-state index >= 15 is 0 Å². The Morgan fingerprint density at radius 2 is 2.38 bits per heavy atom. The highest BCUT2D eigenvalue weighted by molar-refractivity contribution is 7.06. The summed E-state index contributed by atoms with van der Waals surface area (Å²) < 4.78 is 4.50. The van der Waals surface area contributed by atoms with Gasteiger partial charge in [0.15, 0.2) is 0 Å². The van der Waals surface area contributed by atoms with Crippen molar-refractivity contribution in [1.82, 2.24) is 15.0 Å². The van der Waals surface area contributed by atoms with E-state index in [9.17, 15) is 0 Å². The molecule has 16 heavy (non-hydrogen) atoms. The van der Waals surface area contributed by atoms with E-state index in [1.165, 1.54) is 17.0 Å². The Labute approximate surface area is 102 Å². The third-order valence-electron chi connectivity index (χ3n) is 2.93. The minimum absolute atomic E-state index is 0.227. The summed E-state index contributed by atoms with van der Waals surface area (Å²) in [6, 6.07) is 2.86. The summed E-state index contributed by atoms with van der Waals surface area (Å²) in [5.74, 6) is 0. The van der Waals surface area contributed by atoms with E-state index in [0.717, 1.165) is 19.6 Å². The lowest BCUT2D eigenvalue weighted by atomic mass is 9.94. The molecule has 90 valence electrons. The van der Waals surface area contributed by atoms with Crippen molar-refractivity contribution in [1.29, 1.82) is 0 Å². The summed E-state index contributed by atoms with van der Waals surface area (Å²) in [4.78, 5) is 1.37. The van der Waals surface area contributed by atoms with E-state index in [0.29, 0.717) is 6.04 Å². The fourth-order valence-electron chi connectivity index (χ4n) is 1.83. The molecule has 0 bridgehead atoms. The summed E-state index contributed by atoms with van der Waals surface area (Å²) in [5, 5.41) is 6.90. The second-order valence-corrected chi connectivity index (χ2v) is 6.31. The molecule has 0 saturated carbocycles. The smallest absolute Gasteiger partial charge is 0.0683 e. The first-order valence-corrected chi connectivity index (χ1v) is 6.73. The second kappa shape index (κ2) is 4.82. The topological polar surface area (TPSA) is 37.0 Å². The molecule has 0 amide bonds. The van der Waals surface area contributed by atoms with Crippen molar-refractivity contribution in [3.05, 3.63) is 16.6 Å². The highest BCUT2D eigenvalue weighted by Gasteiger charge is 2.18. The maximum absolute atomic E-state index is 4.50. The van der Waals surface area contributed by atoms with Crippen molar-refractivity contribution in [2.75, 3.05) is 13.1 Å². The quantitative estimate of drug-likeness (QED) is 0.846. The molecule has 1 aromatic heterocycles. The first-order valence-electron chi connectivity index (χ1n) is 5.96. The van der Waals surface area contributed by atoms with Crippen LogP contribution in [0.5, 0.6) is 0 Å². The SMILES string of the molecule is CC(C)(C)c1cc(CNC2CCNC2)ns1. The van der Waals surface area contributed by atoms with Crippen LogP contribution in [0.2, 0.25) is 0 Å². The van der Waals surface area contributed by atoms with Gasteiger partial charge in [-0.1, -0.05) is 20.8 Å². The van der Waals surface area contributed by atoms with Crippen LogP contribution in [0, 0.1) is 0 Å². The third-order valence-corrected chi connectivity index (χ3v) is 4.18. The summed E-state index contributed by atoms with van der Waals surface area (Å²) >= 11 is 1.63. The van der Waals surface area contributed by atoms with Gasteiger partial charge in [0, 0.05) is 24.0 Å². The Morgan fingerprint density at radius 3 is 2.94 bits per heavy atom. The van der Waals surface area contributed by atoms with E-state index in [-0.39, 0.29) is 5.41 Å². The minimum Gasteiger partial charge on any atom is -0.315 e. The van der Waals surface area contributed by atoms with Gasteiger partial charge in [0.2, 0.25) is 0 Å². The van der Waals surface area contributed by atoms with Crippen LogP contribution < -0.4 is 10.6 Å². The lowest BCUT2D eigenvalue weighted by molar-refractivity contribution is 0.542. The molecule has 1 aromatic rings. The predicted octanol–water partition coefficient (Wildman–Crippen LogP) is 1.89. The fourth-order valence-corrected chi connectivity index (χ4v) is 2.62. The Morgan fingerprint density at radius 1 is 1.56 bits per heavy atom. The first kappa shape index (κ1) is 12.0. The molecule has 1 unspecified atom stereocenters. The van der Waals surface area contributed by atoms with Gasteiger partial charge in [-0.05, 0) is 36.0 Å². The number of aromatic nitrogens is 1. The molecule has 2 heterocycles. The molecule has 1 aliphatic heterocycles. The summed E-state index contributed by atoms with van der Waals surface area (Å²) in [7, 11) is 0. The van der Waals surface area contributed by atoms with Crippen LogP contribution in [0.1, 0.15) is 37.8 Å². The zero-order valence-corrected chi connectivity index (χ0v) is 11.2. The largest absolute Gasteiger partial charge is 0.315 e. The molecule has 0 spiro atoms. The van der Waals surface area contributed by atoms with E-state index < -0.39 is 0 Å². The molecule has 1 aliphatic rings. The maximum atomic E-state index is 4.50. The van der Waals surface area contributed by atoms with Crippen molar-refractivity contribution in [2.45, 2.75) is 45.2 Å². The van der Waals surface area contributed by atoms with Crippen LogP contribution in [0.15, 0.2) is 6.07 Å². The Bertz CT molecular complexity index is 334. The Hall–Kier alpha value is -0.450. The van der Waals surface area contributed by atoms with E-state index in [1.807, 2.05) is 0 Å². The number of hydrogen-bond donors (Lipinski definition) is 2. The minimum atomic E-state index is 0.227. The zero-order chi connectivity index (χ0) is 11.6.